The molecule has 470 valence electrons. The summed E-state index contributed by atoms with van der Waals surface area (Å²) in [7, 11) is -7.14. The number of sulfone groups is 2. The van der Waals surface area contributed by atoms with E-state index in [1.54, 1.807) is 40.6 Å². The van der Waals surface area contributed by atoms with Crippen molar-refractivity contribution in [2.24, 2.45) is 34.5 Å². The van der Waals surface area contributed by atoms with Crippen molar-refractivity contribution in [2.45, 2.75) is 159 Å². The highest BCUT2D eigenvalue weighted by molar-refractivity contribution is 7.93. The number of hydrogen-bond donors (Lipinski definition) is 2. The fourth-order valence-corrected chi connectivity index (χ4v) is 16.1. The highest BCUT2D eigenvalue weighted by Crippen LogP contribution is 2.49. The number of amides is 4. The largest absolute Gasteiger partial charge is 0.493 e. The molecule has 20 nitrogen and oxygen atoms in total. The van der Waals surface area contributed by atoms with Crippen molar-refractivity contribution >= 4 is 87.4 Å². The molecule has 0 bridgehead atoms. The normalized spacial score (nSPS) is 26.5. The van der Waals surface area contributed by atoms with Gasteiger partial charge in [-0.2, -0.15) is 0 Å². The van der Waals surface area contributed by atoms with Crippen LogP contribution < -0.4 is 24.8 Å². The van der Waals surface area contributed by atoms with E-state index in [1.165, 1.54) is 0 Å². The third-order valence-corrected chi connectivity index (χ3v) is 23.8. The van der Waals surface area contributed by atoms with Crippen LogP contribution in [0.5, 0.6) is 17.5 Å². The predicted molar refractivity (Wildman–Crippen MR) is 331 cm³/mol. The predicted octanol–water partition coefficient (Wildman–Crippen LogP) is 7.63. The van der Waals surface area contributed by atoms with Crippen molar-refractivity contribution in [3.05, 3.63) is 92.0 Å². The van der Waals surface area contributed by atoms with E-state index in [0.717, 1.165) is 50.2 Å². The number of nitrogens with one attached hydrogen (secondary N) is 2. The zero-order chi connectivity index (χ0) is 63.2. The van der Waals surface area contributed by atoms with Gasteiger partial charge in [0.15, 0.2) is 31.2 Å². The Bertz CT molecular complexity index is 3920. The van der Waals surface area contributed by atoms with E-state index in [-0.39, 0.29) is 73.3 Å². The Balaban J connectivity index is 0.000000182. The van der Waals surface area contributed by atoms with Gasteiger partial charge in [0.05, 0.1) is 36.5 Å². The van der Waals surface area contributed by atoms with Crippen molar-refractivity contribution < 1.29 is 64.2 Å². The number of ketones is 2. The number of carbonyl (C=O) groups is 6. The molecule has 4 aliphatic carbocycles. The molecular formula is C66H80N6O14S2. The maximum absolute atomic E-state index is 14.0. The molecule has 0 radical (unpaired) electrons. The van der Waals surface area contributed by atoms with Crippen molar-refractivity contribution in [3.63, 3.8) is 0 Å². The highest BCUT2D eigenvalue weighted by Gasteiger charge is 2.63. The van der Waals surface area contributed by atoms with Crippen LogP contribution in [0, 0.1) is 34.5 Å². The lowest BCUT2D eigenvalue weighted by Gasteiger charge is -2.33. The Hall–Kier alpha value is -7.20. The number of aromatic nitrogens is 2. The molecule has 2 aromatic carbocycles. The van der Waals surface area contributed by atoms with Crippen molar-refractivity contribution in [3.8, 4) is 17.5 Å². The second-order valence-corrected chi connectivity index (χ2v) is 32.0. The van der Waals surface area contributed by atoms with Crippen LogP contribution in [0.2, 0.25) is 0 Å². The average molecular weight is 1250 g/mol. The number of carbonyl (C=O) groups excluding carboxylic acids is 6. The zero-order valence-corrected chi connectivity index (χ0v) is 53.0. The molecule has 3 aliphatic heterocycles. The molecule has 2 saturated heterocycles. The fraction of sp³-hybridized carbons (Fsp3) is 0.545. The van der Waals surface area contributed by atoms with Crippen LogP contribution in [0.25, 0.3) is 32.5 Å². The first-order valence-electron chi connectivity index (χ1n) is 30.6. The Morgan fingerprint density at radius 1 is 0.648 bits per heavy atom. The summed E-state index contributed by atoms with van der Waals surface area (Å²) in [6.45, 7) is 24.1. The molecular weight excluding hydrogens is 1160 g/mol. The molecule has 88 heavy (non-hydrogen) atoms. The number of Topliss-reactive ketones (excluding diaryl/α,β-unsaturated/α-hetero) is 2. The third kappa shape index (κ3) is 12.1. The average Bonchev–Trinajstić information content (AvgIpc) is 1.60. The molecule has 0 unspecified atom stereocenters. The molecule has 7 aliphatic rings. The summed E-state index contributed by atoms with van der Waals surface area (Å²) in [5.74, 6) is -3.52. The van der Waals surface area contributed by atoms with E-state index >= 15 is 0 Å². The third-order valence-electron chi connectivity index (χ3n) is 19.5. The summed E-state index contributed by atoms with van der Waals surface area (Å²) in [4.78, 5) is 94.5. The lowest BCUT2D eigenvalue weighted by molar-refractivity contribution is -0.144. The van der Waals surface area contributed by atoms with Crippen molar-refractivity contribution in [1.29, 1.82) is 0 Å². The van der Waals surface area contributed by atoms with Gasteiger partial charge in [-0.1, -0.05) is 67.5 Å². The second kappa shape index (κ2) is 23.0. The summed E-state index contributed by atoms with van der Waals surface area (Å²) in [5.41, 5.74) is -1.53. The Morgan fingerprint density at radius 2 is 1.10 bits per heavy atom. The second-order valence-electron chi connectivity index (χ2n) is 27.5. The van der Waals surface area contributed by atoms with E-state index in [0.29, 0.717) is 44.1 Å². The Morgan fingerprint density at radius 3 is 1.55 bits per heavy atom. The maximum Gasteiger partial charge on any atom is 0.243 e. The van der Waals surface area contributed by atoms with Gasteiger partial charge in [-0.15, -0.1) is 13.2 Å². The number of pyridine rings is 2. The van der Waals surface area contributed by atoms with Crippen LogP contribution in [0.15, 0.2) is 90.8 Å². The summed E-state index contributed by atoms with van der Waals surface area (Å²) < 4.78 is 74.7. The van der Waals surface area contributed by atoms with Crippen LogP contribution in [0.3, 0.4) is 0 Å². The molecule has 4 saturated carbocycles. The van der Waals surface area contributed by atoms with Gasteiger partial charge in [-0.3, -0.25) is 28.8 Å². The molecule has 6 fully saturated rings. The topological polar surface area (TPSA) is 268 Å². The minimum Gasteiger partial charge on any atom is -0.493 e. The van der Waals surface area contributed by atoms with Gasteiger partial charge in [0.25, 0.3) is 0 Å². The van der Waals surface area contributed by atoms with Crippen LogP contribution >= 0.6 is 0 Å². The monoisotopic (exact) mass is 1240 g/mol. The molecule has 10 atom stereocenters. The molecule has 12 rings (SSSR count). The van der Waals surface area contributed by atoms with Crippen LogP contribution in [0.4, 0.5) is 0 Å². The van der Waals surface area contributed by atoms with Crippen LogP contribution in [-0.2, 0) is 54.9 Å². The van der Waals surface area contributed by atoms with Gasteiger partial charge < -0.3 is 39.1 Å². The van der Waals surface area contributed by atoms with Crippen LogP contribution in [0.1, 0.15) is 112 Å². The van der Waals surface area contributed by atoms with Gasteiger partial charge in [-0.25, -0.2) is 26.8 Å². The number of ether oxygens (including phenoxy) is 3. The smallest absolute Gasteiger partial charge is 0.243 e. The SMILES string of the molecule is C=C[C@@H]1C[C@]1(NC(=O)[C@@H]1C[C@@H](Oc2nccc3c2ccc2occc23)CN1C(=O)[C@@H](C)C(C)(C)C)C(=O)CS(=O)(=O)C1CC1.C=C[C@@H]1C[C@]1(NC(=O)[C@@H]1C[C@@H](Oc2nccc3c4c(ccc23)OCC4)CN1C(=O)[C@@H](C)C(C)(C)C)C(=O)CS(=O)(=O)C1CC1. The first-order valence-corrected chi connectivity index (χ1v) is 34.0. The number of benzene rings is 2. The van der Waals surface area contributed by atoms with Crippen LogP contribution in [-0.4, -0.2) is 149 Å². The first kappa shape index (κ1) is 62.4. The summed E-state index contributed by atoms with van der Waals surface area (Å²) >= 11 is 0. The summed E-state index contributed by atoms with van der Waals surface area (Å²) in [6, 6.07) is 11.4. The van der Waals surface area contributed by atoms with Gasteiger partial charge in [-0.05, 0) is 103 Å². The Kier molecular flexibility index (Phi) is 16.3. The molecule has 5 aromatic rings. The van der Waals surface area contributed by atoms with Gasteiger partial charge in [0, 0.05) is 77.0 Å². The number of nitrogens with zero attached hydrogens (tertiary/aromatic N) is 4. The fourth-order valence-electron chi connectivity index (χ4n) is 12.6. The number of rotatable bonds is 20. The van der Waals surface area contributed by atoms with E-state index in [2.05, 4.69) is 33.8 Å². The number of hydrogen-bond acceptors (Lipinski definition) is 16. The molecule has 6 heterocycles. The zero-order valence-electron chi connectivity index (χ0n) is 51.3. The molecule has 22 heteroatoms. The quantitative estimate of drug-likeness (QED) is 0.0709. The van der Waals surface area contributed by atoms with E-state index in [9.17, 15) is 45.6 Å². The van der Waals surface area contributed by atoms with Gasteiger partial charge in [0.2, 0.25) is 35.4 Å². The minimum atomic E-state index is -3.57. The number of likely N-dealkylation sites (tertiary alicyclic amines) is 2. The standard InChI is InChI=1S/C33H41N3O7S.C33H39N3O7S/c2*1-6-20-16-33(20,28(37)18-44(40,41)22-7-8-22)35-29(38)26-15-21(17-36(26)31(39)19(2)32(3,4)5)43-30-25-9-10-27-24(12-14-42-27)23(25)11-13-34-30/h6,9-11,13,19-22,26H,1,7-8,12,14-18H2,2-5H3,(H,35,38);6,9-14,19-22,26H,1,7-8,15-18H2,2-5H3,(H,35,38)/t2*19-,20-,21-,26+,33-/m11/s1. The highest BCUT2D eigenvalue weighted by atomic mass is 32.2. The number of fused-ring (bicyclic) bond motifs is 6. The van der Waals surface area contributed by atoms with E-state index in [1.807, 2.05) is 97.9 Å². The van der Waals surface area contributed by atoms with Gasteiger partial charge in [0.1, 0.15) is 58.2 Å². The molecule has 3 aromatic heterocycles. The first-order chi connectivity index (χ1) is 41.5. The number of furan rings is 1. The summed E-state index contributed by atoms with van der Waals surface area (Å²) in [6.07, 6.45) is 11.1. The molecule has 2 N–H and O–H groups in total. The lowest BCUT2D eigenvalue weighted by Crippen LogP contribution is -2.55. The van der Waals surface area contributed by atoms with Crippen molar-refractivity contribution in [1.82, 2.24) is 30.4 Å². The van der Waals surface area contributed by atoms with Crippen molar-refractivity contribution in [2.75, 3.05) is 31.2 Å². The minimum absolute atomic E-state index is 0.158. The molecule has 0 spiro atoms. The van der Waals surface area contributed by atoms with E-state index in [4.69, 9.17) is 18.6 Å². The van der Waals surface area contributed by atoms with E-state index < -0.39 is 112 Å². The Labute approximate surface area is 513 Å². The maximum atomic E-state index is 14.0. The molecule has 4 amide bonds. The summed E-state index contributed by atoms with van der Waals surface area (Å²) in [5, 5.41) is 9.27. The van der Waals surface area contributed by atoms with Gasteiger partial charge >= 0.3 is 0 Å². The lowest BCUT2D eigenvalue weighted by atomic mass is 9.81.